The van der Waals surface area contributed by atoms with Crippen molar-refractivity contribution < 1.29 is 0 Å². The normalized spacial score (nSPS) is 14.6. The molecular formula is C15H24ClN. The highest BCUT2D eigenvalue weighted by Gasteiger charge is 2.16. The summed E-state index contributed by atoms with van der Waals surface area (Å²) in [6.45, 7) is 4.46. The molecule has 0 amide bonds. The average Bonchev–Trinajstić information content (AvgIpc) is 2.33. The van der Waals surface area contributed by atoms with Crippen LogP contribution in [0.1, 0.15) is 45.1 Å². The third kappa shape index (κ3) is 4.69. The molecule has 0 bridgehead atoms. The number of halogens is 1. The van der Waals surface area contributed by atoms with Gasteiger partial charge in [-0.15, -0.1) is 0 Å². The van der Waals surface area contributed by atoms with E-state index in [0.29, 0.717) is 5.92 Å². The van der Waals surface area contributed by atoms with Crippen LogP contribution in [0.15, 0.2) is 24.3 Å². The van der Waals surface area contributed by atoms with Crippen LogP contribution in [0.25, 0.3) is 0 Å². The Hall–Kier alpha value is -0.530. The molecule has 1 aromatic rings. The Morgan fingerprint density at radius 1 is 1.24 bits per heavy atom. The molecule has 0 aliphatic carbocycles. The molecule has 0 saturated heterocycles. The minimum atomic E-state index is 0.228. The maximum absolute atomic E-state index is 6.31. The largest absolute Gasteiger partial charge is 0.327 e. The van der Waals surface area contributed by atoms with E-state index in [0.717, 1.165) is 17.9 Å². The van der Waals surface area contributed by atoms with Gasteiger partial charge in [-0.05, 0) is 30.4 Å². The molecule has 2 N–H and O–H groups in total. The fourth-order valence-electron chi connectivity index (χ4n) is 2.27. The molecule has 96 valence electrons. The van der Waals surface area contributed by atoms with Gasteiger partial charge in [0, 0.05) is 11.1 Å². The summed E-state index contributed by atoms with van der Waals surface area (Å²) in [6.07, 6.45) is 5.80. The van der Waals surface area contributed by atoms with Gasteiger partial charge in [0.25, 0.3) is 0 Å². The minimum absolute atomic E-state index is 0.228. The van der Waals surface area contributed by atoms with Gasteiger partial charge >= 0.3 is 0 Å². The fraction of sp³-hybridized carbons (Fsp3) is 0.600. The predicted octanol–water partition coefficient (Wildman–Crippen LogP) is 4.43. The number of nitrogens with two attached hydrogens (primary N) is 1. The van der Waals surface area contributed by atoms with Gasteiger partial charge in [-0.2, -0.15) is 0 Å². The van der Waals surface area contributed by atoms with Gasteiger partial charge in [0.15, 0.2) is 0 Å². The zero-order valence-corrected chi connectivity index (χ0v) is 11.7. The van der Waals surface area contributed by atoms with Gasteiger partial charge in [-0.1, -0.05) is 62.9 Å². The summed E-state index contributed by atoms with van der Waals surface area (Å²) >= 11 is 6.16. The Morgan fingerprint density at radius 2 is 1.94 bits per heavy atom. The number of unbranched alkanes of at least 4 members (excludes halogenated alkanes) is 1. The summed E-state index contributed by atoms with van der Waals surface area (Å²) in [5, 5.41) is 0.841. The molecule has 2 unspecified atom stereocenters. The second kappa shape index (κ2) is 7.73. The molecule has 0 aliphatic heterocycles. The first kappa shape index (κ1) is 14.5. The van der Waals surface area contributed by atoms with Crippen LogP contribution in [0.5, 0.6) is 0 Å². The fourth-order valence-corrected chi connectivity index (χ4v) is 2.48. The van der Waals surface area contributed by atoms with Gasteiger partial charge in [0.1, 0.15) is 0 Å². The van der Waals surface area contributed by atoms with Crippen LogP contribution < -0.4 is 5.73 Å². The van der Waals surface area contributed by atoms with Crippen LogP contribution in [0.3, 0.4) is 0 Å². The molecule has 0 heterocycles. The van der Waals surface area contributed by atoms with Crippen LogP contribution in [0, 0.1) is 5.92 Å². The summed E-state index contributed by atoms with van der Waals surface area (Å²) < 4.78 is 0. The van der Waals surface area contributed by atoms with Gasteiger partial charge < -0.3 is 5.73 Å². The molecule has 17 heavy (non-hydrogen) atoms. The average molecular weight is 254 g/mol. The summed E-state index contributed by atoms with van der Waals surface area (Å²) in [5.41, 5.74) is 7.49. The monoisotopic (exact) mass is 253 g/mol. The van der Waals surface area contributed by atoms with Crippen LogP contribution in [0.2, 0.25) is 5.02 Å². The van der Waals surface area contributed by atoms with Crippen molar-refractivity contribution in [2.75, 3.05) is 0 Å². The lowest BCUT2D eigenvalue weighted by Crippen LogP contribution is -2.32. The van der Waals surface area contributed by atoms with Crippen molar-refractivity contribution >= 4 is 11.6 Å². The highest BCUT2D eigenvalue weighted by atomic mass is 35.5. The number of rotatable bonds is 7. The number of benzene rings is 1. The van der Waals surface area contributed by atoms with E-state index in [2.05, 4.69) is 19.9 Å². The molecule has 1 rings (SSSR count). The van der Waals surface area contributed by atoms with Crippen LogP contribution in [-0.4, -0.2) is 6.04 Å². The molecule has 0 spiro atoms. The molecule has 0 radical (unpaired) electrons. The SMILES string of the molecule is CCCCC(CC)C(N)Cc1ccccc1Cl. The Balaban J connectivity index is 2.57. The summed E-state index contributed by atoms with van der Waals surface area (Å²) in [5.74, 6) is 0.617. The molecule has 0 fully saturated rings. The zero-order valence-electron chi connectivity index (χ0n) is 11.0. The minimum Gasteiger partial charge on any atom is -0.327 e. The van der Waals surface area contributed by atoms with E-state index in [4.69, 9.17) is 17.3 Å². The maximum Gasteiger partial charge on any atom is 0.0438 e. The Labute approximate surface area is 110 Å². The van der Waals surface area contributed by atoms with E-state index in [-0.39, 0.29) is 6.04 Å². The summed E-state index contributed by atoms with van der Waals surface area (Å²) in [6, 6.07) is 8.24. The van der Waals surface area contributed by atoms with Crippen molar-refractivity contribution in [1.82, 2.24) is 0 Å². The lowest BCUT2D eigenvalue weighted by molar-refractivity contribution is 0.369. The molecule has 0 aliphatic rings. The van der Waals surface area contributed by atoms with Gasteiger partial charge in [0.05, 0.1) is 0 Å². The molecule has 0 saturated carbocycles. The first-order chi connectivity index (χ1) is 8.19. The van der Waals surface area contributed by atoms with E-state index in [1.165, 1.54) is 24.8 Å². The predicted molar refractivity (Wildman–Crippen MR) is 76.4 cm³/mol. The maximum atomic E-state index is 6.31. The topological polar surface area (TPSA) is 26.0 Å². The molecule has 2 atom stereocenters. The molecule has 1 aromatic carbocycles. The summed E-state index contributed by atoms with van der Waals surface area (Å²) in [4.78, 5) is 0. The Morgan fingerprint density at radius 3 is 2.53 bits per heavy atom. The molecule has 1 nitrogen and oxygen atoms in total. The van der Waals surface area contributed by atoms with Crippen molar-refractivity contribution in [2.45, 2.75) is 52.0 Å². The second-order valence-corrected chi connectivity index (χ2v) is 5.18. The van der Waals surface area contributed by atoms with E-state index >= 15 is 0 Å². The van der Waals surface area contributed by atoms with Crippen LogP contribution in [0.4, 0.5) is 0 Å². The number of hydrogen-bond donors (Lipinski definition) is 1. The summed E-state index contributed by atoms with van der Waals surface area (Å²) in [7, 11) is 0. The Kier molecular flexibility index (Phi) is 6.61. The third-order valence-electron chi connectivity index (χ3n) is 3.47. The lowest BCUT2D eigenvalue weighted by atomic mass is 9.88. The number of hydrogen-bond acceptors (Lipinski definition) is 1. The van der Waals surface area contributed by atoms with Crippen molar-refractivity contribution in [3.63, 3.8) is 0 Å². The highest BCUT2D eigenvalue weighted by Crippen LogP contribution is 2.22. The molecular weight excluding hydrogens is 230 g/mol. The molecule has 2 heteroatoms. The zero-order chi connectivity index (χ0) is 12.7. The van der Waals surface area contributed by atoms with E-state index in [1.54, 1.807) is 0 Å². The lowest BCUT2D eigenvalue weighted by Gasteiger charge is -2.23. The van der Waals surface area contributed by atoms with Crippen molar-refractivity contribution in [2.24, 2.45) is 11.7 Å². The molecule has 0 aromatic heterocycles. The van der Waals surface area contributed by atoms with E-state index in [9.17, 15) is 0 Å². The van der Waals surface area contributed by atoms with Crippen molar-refractivity contribution in [3.05, 3.63) is 34.9 Å². The first-order valence-electron chi connectivity index (χ1n) is 6.68. The first-order valence-corrected chi connectivity index (χ1v) is 7.05. The second-order valence-electron chi connectivity index (χ2n) is 4.77. The van der Waals surface area contributed by atoms with Crippen molar-refractivity contribution in [1.29, 1.82) is 0 Å². The Bertz CT molecular complexity index is 324. The van der Waals surface area contributed by atoms with E-state index in [1.807, 2.05) is 18.2 Å². The highest BCUT2D eigenvalue weighted by molar-refractivity contribution is 6.31. The van der Waals surface area contributed by atoms with Crippen molar-refractivity contribution in [3.8, 4) is 0 Å². The van der Waals surface area contributed by atoms with Crippen LogP contribution >= 0.6 is 11.6 Å². The van der Waals surface area contributed by atoms with Gasteiger partial charge in [-0.25, -0.2) is 0 Å². The standard InChI is InChI=1S/C15H24ClN/c1-3-5-8-12(4-2)15(17)11-13-9-6-7-10-14(13)16/h6-7,9-10,12,15H,3-5,8,11,17H2,1-2H3. The van der Waals surface area contributed by atoms with Crippen LogP contribution in [-0.2, 0) is 6.42 Å². The van der Waals surface area contributed by atoms with Gasteiger partial charge in [-0.3, -0.25) is 0 Å². The van der Waals surface area contributed by atoms with E-state index < -0.39 is 0 Å². The van der Waals surface area contributed by atoms with Gasteiger partial charge in [0.2, 0.25) is 0 Å². The smallest absolute Gasteiger partial charge is 0.0438 e. The third-order valence-corrected chi connectivity index (χ3v) is 3.84. The quantitative estimate of drug-likeness (QED) is 0.765.